The molecular formula is C25H29NO6S. The van der Waals surface area contributed by atoms with E-state index in [1.165, 1.54) is 0 Å². The van der Waals surface area contributed by atoms with Gasteiger partial charge in [-0.05, 0) is 55.2 Å². The van der Waals surface area contributed by atoms with Crippen molar-refractivity contribution in [3.8, 4) is 11.5 Å². The number of amides is 1. The lowest BCUT2D eigenvalue weighted by Crippen LogP contribution is -2.40. The number of sulfone groups is 1. The molecule has 8 heteroatoms. The van der Waals surface area contributed by atoms with Crippen LogP contribution >= 0.6 is 0 Å². The molecular weight excluding hydrogens is 442 g/mol. The van der Waals surface area contributed by atoms with Crippen molar-refractivity contribution in [3.63, 3.8) is 0 Å². The maximum Gasteiger partial charge on any atom is 0.290 e. The molecule has 1 aliphatic heterocycles. The van der Waals surface area contributed by atoms with E-state index >= 15 is 0 Å². The standard InChI is InChI=1S/C25H29NO6S/c1-5-17-6-8-21-20(12-17)16(2)24(32-21)25(27)26(19-10-11-33(28,29)15-19)14-18-7-9-22(30-3)23(13-18)31-4/h6-9,12-13,19H,5,10-11,14-15H2,1-4H3. The molecule has 0 radical (unpaired) electrons. The summed E-state index contributed by atoms with van der Waals surface area (Å²) in [5, 5.41) is 0.905. The maximum absolute atomic E-state index is 13.8. The van der Waals surface area contributed by atoms with Crippen molar-refractivity contribution in [3.05, 3.63) is 58.8 Å². The van der Waals surface area contributed by atoms with Gasteiger partial charge in [0.05, 0.1) is 25.7 Å². The zero-order valence-corrected chi connectivity index (χ0v) is 20.2. The van der Waals surface area contributed by atoms with Gasteiger partial charge in [0.2, 0.25) is 0 Å². The molecule has 0 bridgehead atoms. The van der Waals surface area contributed by atoms with Crippen molar-refractivity contribution in [2.45, 2.75) is 39.3 Å². The second kappa shape index (κ2) is 9.09. The minimum absolute atomic E-state index is 0.0503. The van der Waals surface area contributed by atoms with Crippen LogP contribution in [0.4, 0.5) is 0 Å². The Morgan fingerprint density at radius 1 is 1.09 bits per heavy atom. The number of ether oxygens (including phenoxy) is 2. The van der Waals surface area contributed by atoms with Gasteiger partial charge in [0.15, 0.2) is 27.1 Å². The topological polar surface area (TPSA) is 86.1 Å². The van der Waals surface area contributed by atoms with Gasteiger partial charge in [0, 0.05) is 23.5 Å². The fourth-order valence-electron chi connectivity index (χ4n) is 4.39. The monoisotopic (exact) mass is 471 g/mol. The lowest BCUT2D eigenvalue weighted by Gasteiger charge is -2.28. The molecule has 0 spiro atoms. The Bertz CT molecular complexity index is 1290. The fourth-order valence-corrected chi connectivity index (χ4v) is 6.12. The normalized spacial score (nSPS) is 17.3. The van der Waals surface area contributed by atoms with E-state index in [1.807, 2.05) is 37.3 Å². The highest BCUT2D eigenvalue weighted by Gasteiger charge is 2.37. The predicted octanol–water partition coefficient (Wildman–Crippen LogP) is 4.15. The summed E-state index contributed by atoms with van der Waals surface area (Å²) >= 11 is 0. The molecule has 3 aromatic rings. The van der Waals surface area contributed by atoms with Crippen LogP contribution in [0.15, 0.2) is 40.8 Å². The number of hydrogen-bond donors (Lipinski definition) is 0. The Morgan fingerprint density at radius 2 is 1.82 bits per heavy atom. The number of benzene rings is 2. The summed E-state index contributed by atoms with van der Waals surface area (Å²) in [7, 11) is -0.0724. The summed E-state index contributed by atoms with van der Waals surface area (Å²) in [6, 6.07) is 10.9. The number of aryl methyl sites for hydroxylation is 2. The van der Waals surface area contributed by atoms with Crippen molar-refractivity contribution < 1.29 is 27.1 Å². The molecule has 0 N–H and O–H groups in total. The number of fused-ring (bicyclic) bond motifs is 1. The SMILES string of the molecule is CCc1ccc2oc(C(=O)N(Cc3ccc(OC)c(OC)c3)C3CCS(=O)(=O)C3)c(C)c2c1. The largest absolute Gasteiger partial charge is 0.493 e. The highest BCUT2D eigenvalue weighted by Crippen LogP contribution is 2.32. The molecule has 4 rings (SSSR count). The second-order valence-corrected chi connectivity index (χ2v) is 10.6. The Morgan fingerprint density at radius 3 is 2.45 bits per heavy atom. The molecule has 1 fully saturated rings. The van der Waals surface area contributed by atoms with Gasteiger partial charge in [-0.25, -0.2) is 8.42 Å². The Balaban J connectivity index is 1.73. The van der Waals surface area contributed by atoms with Crippen LogP contribution in [0.1, 0.15) is 40.6 Å². The van der Waals surface area contributed by atoms with Crippen LogP contribution in [-0.4, -0.2) is 51.0 Å². The van der Waals surface area contributed by atoms with Crippen LogP contribution in [-0.2, 0) is 22.8 Å². The Labute approximate surface area is 194 Å². The van der Waals surface area contributed by atoms with E-state index < -0.39 is 15.9 Å². The Kier molecular flexibility index (Phi) is 6.38. The fraction of sp³-hybridized carbons (Fsp3) is 0.400. The molecule has 176 valence electrons. The molecule has 1 aliphatic rings. The van der Waals surface area contributed by atoms with Gasteiger partial charge < -0.3 is 18.8 Å². The van der Waals surface area contributed by atoms with Gasteiger partial charge in [-0.1, -0.05) is 19.1 Å². The molecule has 1 aromatic heterocycles. The third-order valence-electron chi connectivity index (χ3n) is 6.31. The number of carbonyl (C=O) groups excluding carboxylic acids is 1. The average molecular weight is 472 g/mol. The van der Waals surface area contributed by atoms with Crippen LogP contribution < -0.4 is 9.47 Å². The van der Waals surface area contributed by atoms with Gasteiger partial charge in [-0.2, -0.15) is 0 Å². The number of hydrogen-bond acceptors (Lipinski definition) is 6. The smallest absolute Gasteiger partial charge is 0.290 e. The van der Waals surface area contributed by atoms with Gasteiger partial charge in [-0.3, -0.25) is 4.79 Å². The number of methoxy groups -OCH3 is 2. The van der Waals surface area contributed by atoms with E-state index in [0.717, 1.165) is 28.5 Å². The van der Waals surface area contributed by atoms with E-state index in [1.54, 1.807) is 25.2 Å². The highest BCUT2D eigenvalue weighted by molar-refractivity contribution is 7.91. The van der Waals surface area contributed by atoms with Crippen LogP contribution in [0.25, 0.3) is 11.0 Å². The number of nitrogens with zero attached hydrogens (tertiary/aromatic N) is 1. The number of rotatable bonds is 7. The van der Waals surface area contributed by atoms with Crippen molar-refractivity contribution >= 4 is 26.7 Å². The van der Waals surface area contributed by atoms with E-state index in [-0.39, 0.29) is 29.7 Å². The third kappa shape index (κ3) is 4.57. The number of furan rings is 1. The molecule has 1 amide bonds. The lowest BCUT2D eigenvalue weighted by molar-refractivity contribution is 0.0649. The lowest BCUT2D eigenvalue weighted by atomic mass is 10.1. The van der Waals surface area contributed by atoms with Crippen molar-refractivity contribution in [1.29, 1.82) is 0 Å². The van der Waals surface area contributed by atoms with Gasteiger partial charge in [-0.15, -0.1) is 0 Å². The number of carbonyl (C=O) groups is 1. The van der Waals surface area contributed by atoms with Crippen LogP contribution in [0.5, 0.6) is 11.5 Å². The first-order valence-corrected chi connectivity index (χ1v) is 12.8. The molecule has 2 heterocycles. The molecule has 7 nitrogen and oxygen atoms in total. The summed E-state index contributed by atoms with van der Waals surface area (Å²) in [6.45, 7) is 4.18. The van der Waals surface area contributed by atoms with Crippen LogP contribution in [0.2, 0.25) is 0 Å². The summed E-state index contributed by atoms with van der Waals surface area (Å²) in [4.78, 5) is 15.4. The van der Waals surface area contributed by atoms with Gasteiger partial charge in [0.25, 0.3) is 5.91 Å². The van der Waals surface area contributed by atoms with Crippen LogP contribution in [0, 0.1) is 6.92 Å². The second-order valence-electron chi connectivity index (χ2n) is 8.42. The summed E-state index contributed by atoms with van der Waals surface area (Å²) in [6.07, 6.45) is 1.29. The molecule has 1 atom stereocenters. The minimum atomic E-state index is -3.18. The first kappa shape index (κ1) is 23.2. The van der Waals surface area contributed by atoms with E-state index in [0.29, 0.717) is 23.5 Å². The molecule has 2 aromatic carbocycles. The van der Waals surface area contributed by atoms with E-state index in [2.05, 4.69) is 6.92 Å². The van der Waals surface area contributed by atoms with E-state index in [4.69, 9.17) is 13.9 Å². The highest BCUT2D eigenvalue weighted by atomic mass is 32.2. The average Bonchev–Trinajstić information content (AvgIpc) is 3.35. The van der Waals surface area contributed by atoms with Crippen molar-refractivity contribution in [2.75, 3.05) is 25.7 Å². The molecule has 0 aliphatic carbocycles. The molecule has 0 saturated carbocycles. The van der Waals surface area contributed by atoms with E-state index in [9.17, 15) is 13.2 Å². The summed E-state index contributed by atoms with van der Waals surface area (Å²) in [5.74, 6) is 1.11. The summed E-state index contributed by atoms with van der Waals surface area (Å²) < 4.78 is 41.1. The molecule has 1 unspecified atom stereocenters. The van der Waals surface area contributed by atoms with Gasteiger partial charge in [0.1, 0.15) is 5.58 Å². The third-order valence-corrected chi connectivity index (χ3v) is 8.06. The summed E-state index contributed by atoms with van der Waals surface area (Å²) in [5.41, 5.74) is 3.39. The zero-order chi connectivity index (χ0) is 23.8. The Hall–Kier alpha value is -3.00. The van der Waals surface area contributed by atoms with Crippen molar-refractivity contribution in [1.82, 2.24) is 4.90 Å². The molecule has 1 saturated heterocycles. The maximum atomic E-state index is 13.8. The quantitative estimate of drug-likeness (QED) is 0.515. The van der Waals surface area contributed by atoms with Gasteiger partial charge >= 0.3 is 0 Å². The predicted molar refractivity (Wildman–Crippen MR) is 127 cm³/mol. The van der Waals surface area contributed by atoms with Crippen molar-refractivity contribution in [2.24, 2.45) is 0 Å². The first-order valence-electron chi connectivity index (χ1n) is 11.0. The molecule has 33 heavy (non-hydrogen) atoms. The first-order chi connectivity index (χ1) is 15.8. The van der Waals surface area contributed by atoms with Crippen LogP contribution in [0.3, 0.4) is 0 Å². The minimum Gasteiger partial charge on any atom is -0.493 e. The zero-order valence-electron chi connectivity index (χ0n) is 19.4.